The minimum absolute atomic E-state index is 0.108. The molecule has 0 fully saturated rings. The highest BCUT2D eigenvalue weighted by Crippen LogP contribution is 2.25. The highest BCUT2D eigenvalue weighted by Gasteiger charge is 2.27. The van der Waals surface area contributed by atoms with E-state index in [1.807, 2.05) is 59.3 Å². The smallest absolute Gasteiger partial charge is 0.261 e. The first kappa shape index (κ1) is 16.4. The molecule has 0 aliphatic carbocycles. The van der Waals surface area contributed by atoms with E-state index < -0.39 is 6.10 Å². The molecule has 122 valence electrons. The number of anilines is 1. The zero-order chi connectivity index (χ0) is 16.8. The number of ether oxygens (including phenoxy) is 1. The van der Waals surface area contributed by atoms with Crippen LogP contribution >= 0.6 is 11.3 Å². The van der Waals surface area contributed by atoms with E-state index >= 15 is 0 Å². The summed E-state index contributed by atoms with van der Waals surface area (Å²) >= 11 is 1.61. The number of hydrogen-bond acceptors (Lipinski definition) is 4. The first-order valence-electron chi connectivity index (χ1n) is 7.60. The minimum atomic E-state index is -0.648. The standard InChI is InChI=1S/C19H18N2O2S/c1-23-18(16-6-3-2-4-7-16)19(22)21(13-15-9-11-24-14-15)17-8-5-10-20-12-17/h2-12,14,18H,13H2,1H3/t18-/m1/s1. The van der Waals surface area contributed by atoms with Gasteiger partial charge >= 0.3 is 0 Å². The molecule has 0 aliphatic rings. The van der Waals surface area contributed by atoms with Gasteiger partial charge in [-0.3, -0.25) is 9.78 Å². The zero-order valence-corrected chi connectivity index (χ0v) is 14.1. The molecule has 0 bridgehead atoms. The van der Waals surface area contributed by atoms with Gasteiger partial charge in [0.05, 0.1) is 18.4 Å². The Bertz CT molecular complexity index is 761. The molecular weight excluding hydrogens is 320 g/mol. The first-order valence-corrected chi connectivity index (χ1v) is 8.54. The lowest BCUT2D eigenvalue weighted by atomic mass is 10.1. The van der Waals surface area contributed by atoms with Crippen LogP contribution in [0, 0.1) is 0 Å². The second-order valence-electron chi connectivity index (χ2n) is 5.29. The fourth-order valence-corrected chi connectivity index (χ4v) is 3.18. The van der Waals surface area contributed by atoms with Gasteiger partial charge in [0.1, 0.15) is 0 Å². The predicted molar refractivity (Wildman–Crippen MR) is 95.9 cm³/mol. The number of hydrogen-bond donors (Lipinski definition) is 0. The van der Waals surface area contributed by atoms with Crippen LogP contribution in [0.4, 0.5) is 5.69 Å². The molecule has 4 nitrogen and oxygen atoms in total. The monoisotopic (exact) mass is 338 g/mol. The molecule has 0 saturated carbocycles. The molecule has 3 rings (SSSR count). The Morgan fingerprint density at radius 2 is 2.04 bits per heavy atom. The summed E-state index contributed by atoms with van der Waals surface area (Å²) in [6.07, 6.45) is 2.74. The van der Waals surface area contributed by atoms with Gasteiger partial charge in [-0.2, -0.15) is 11.3 Å². The second kappa shape index (κ2) is 7.86. The van der Waals surface area contributed by atoms with Gasteiger partial charge in [-0.15, -0.1) is 0 Å². The lowest BCUT2D eigenvalue weighted by Gasteiger charge is -2.26. The van der Waals surface area contributed by atoms with Crippen LogP contribution in [0.3, 0.4) is 0 Å². The van der Waals surface area contributed by atoms with Gasteiger partial charge in [-0.25, -0.2) is 0 Å². The molecule has 0 aliphatic heterocycles. The number of thiophene rings is 1. The van der Waals surface area contributed by atoms with Crippen LogP contribution in [0.1, 0.15) is 17.2 Å². The molecule has 2 heterocycles. The van der Waals surface area contributed by atoms with E-state index in [-0.39, 0.29) is 5.91 Å². The highest BCUT2D eigenvalue weighted by molar-refractivity contribution is 7.07. The van der Waals surface area contributed by atoms with Crippen LogP contribution in [0.15, 0.2) is 71.7 Å². The van der Waals surface area contributed by atoms with Crippen molar-refractivity contribution in [3.63, 3.8) is 0 Å². The molecule has 0 unspecified atom stereocenters. The van der Waals surface area contributed by atoms with E-state index in [1.165, 1.54) is 0 Å². The number of rotatable bonds is 6. The Kier molecular flexibility index (Phi) is 5.36. The second-order valence-corrected chi connectivity index (χ2v) is 6.07. The van der Waals surface area contributed by atoms with Gasteiger partial charge in [-0.1, -0.05) is 30.3 Å². The Hall–Kier alpha value is -2.50. The number of pyridine rings is 1. The minimum Gasteiger partial charge on any atom is -0.367 e. The topological polar surface area (TPSA) is 42.4 Å². The summed E-state index contributed by atoms with van der Waals surface area (Å²) in [6, 6.07) is 15.3. The average molecular weight is 338 g/mol. The number of methoxy groups -OCH3 is 1. The third kappa shape index (κ3) is 3.69. The fraction of sp³-hybridized carbons (Fsp3) is 0.158. The van der Waals surface area contributed by atoms with Gasteiger partial charge in [0.25, 0.3) is 5.91 Å². The summed E-state index contributed by atoms with van der Waals surface area (Å²) in [5, 5.41) is 4.05. The van der Waals surface area contributed by atoms with Crippen LogP contribution in [-0.2, 0) is 16.1 Å². The van der Waals surface area contributed by atoms with E-state index in [0.717, 1.165) is 16.8 Å². The Balaban J connectivity index is 1.93. The van der Waals surface area contributed by atoms with E-state index in [0.29, 0.717) is 6.54 Å². The van der Waals surface area contributed by atoms with Crippen molar-refractivity contribution in [1.82, 2.24) is 4.98 Å². The third-order valence-electron chi connectivity index (χ3n) is 3.71. The van der Waals surface area contributed by atoms with Crippen LogP contribution in [-0.4, -0.2) is 18.0 Å². The number of carbonyl (C=O) groups excluding carboxylic acids is 1. The van der Waals surface area contributed by atoms with Crippen molar-refractivity contribution in [2.45, 2.75) is 12.6 Å². The molecule has 0 spiro atoms. The maximum absolute atomic E-state index is 13.2. The largest absolute Gasteiger partial charge is 0.367 e. The summed E-state index contributed by atoms with van der Waals surface area (Å²) in [5.74, 6) is -0.108. The molecular formula is C19H18N2O2S. The fourth-order valence-electron chi connectivity index (χ4n) is 2.52. The Labute approximate surface area is 145 Å². The molecule has 0 radical (unpaired) electrons. The van der Waals surface area contributed by atoms with Gasteiger partial charge in [-0.05, 0) is 40.1 Å². The normalized spacial score (nSPS) is 11.9. The van der Waals surface area contributed by atoms with Crippen LogP contribution < -0.4 is 4.90 Å². The molecule has 2 aromatic heterocycles. The van der Waals surface area contributed by atoms with E-state index in [1.54, 1.807) is 35.7 Å². The van der Waals surface area contributed by atoms with Crippen LogP contribution in [0.25, 0.3) is 0 Å². The summed E-state index contributed by atoms with van der Waals surface area (Å²) in [5.41, 5.74) is 2.68. The molecule has 1 aromatic carbocycles. The molecule has 1 amide bonds. The Morgan fingerprint density at radius 3 is 2.67 bits per heavy atom. The maximum Gasteiger partial charge on any atom is 0.261 e. The molecule has 1 atom stereocenters. The van der Waals surface area contributed by atoms with Crippen molar-refractivity contribution in [3.05, 3.63) is 82.8 Å². The van der Waals surface area contributed by atoms with Crippen molar-refractivity contribution in [2.75, 3.05) is 12.0 Å². The van der Waals surface area contributed by atoms with Crippen LogP contribution in [0.2, 0.25) is 0 Å². The first-order chi connectivity index (χ1) is 11.8. The number of carbonyl (C=O) groups is 1. The summed E-state index contributed by atoms with van der Waals surface area (Å²) in [7, 11) is 1.56. The summed E-state index contributed by atoms with van der Waals surface area (Å²) in [6.45, 7) is 0.487. The van der Waals surface area contributed by atoms with Gasteiger partial charge < -0.3 is 9.64 Å². The lowest BCUT2D eigenvalue weighted by Crippen LogP contribution is -2.35. The summed E-state index contributed by atoms with van der Waals surface area (Å²) < 4.78 is 5.51. The number of aromatic nitrogens is 1. The van der Waals surface area contributed by atoms with Crippen molar-refractivity contribution in [2.24, 2.45) is 0 Å². The van der Waals surface area contributed by atoms with Gasteiger partial charge in [0, 0.05) is 13.3 Å². The lowest BCUT2D eigenvalue weighted by molar-refractivity contribution is -0.128. The third-order valence-corrected chi connectivity index (χ3v) is 4.44. The number of benzene rings is 1. The highest BCUT2D eigenvalue weighted by atomic mass is 32.1. The van der Waals surface area contributed by atoms with E-state index in [9.17, 15) is 4.79 Å². The zero-order valence-electron chi connectivity index (χ0n) is 13.3. The maximum atomic E-state index is 13.2. The molecule has 5 heteroatoms. The van der Waals surface area contributed by atoms with Gasteiger partial charge in [0.2, 0.25) is 0 Å². The van der Waals surface area contributed by atoms with Crippen LogP contribution in [0.5, 0.6) is 0 Å². The number of nitrogens with zero attached hydrogens (tertiary/aromatic N) is 2. The molecule has 0 saturated heterocycles. The molecule has 24 heavy (non-hydrogen) atoms. The quantitative estimate of drug-likeness (QED) is 0.680. The van der Waals surface area contributed by atoms with E-state index in [2.05, 4.69) is 4.98 Å². The SMILES string of the molecule is CO[C@@H](C(=O)N(Cc1ccsc1)c1cccnc1)c1ccccc1. The van der Waals surface area contributed by atoms with E-state index in [4.69, 9.17) is 4.74 Å². The molecule has 0 N–H and O–H groups in total. The average Bonchev–Trinajstić information content (AvgIpc) is 3.15. The number of amides is 1. The summed E-state index contributed by atoms with van der Waals surface area (Å²) in [4.78, 5) is 19.0. The predicted octanol–water partition coefficient (Wildman–Crippen LogP) is 4.06. The van der Waals surface area contributed by atoms with Crippen molar-refractivity contribution in [3.8, 4) is 0 Å². The van der Waals surface area contributed by atoms with Gasteiger partial charge in [0.15, 0.2) is 6.10 Å². The van der Waals surface area contributed by atoms with Crippen molar-refractivity contribution < 1.29 is 9.53 Å². The Morgan fingerprint density at radius 1 is 1.21 bits per heavy atom. The molecule has 3 aromatic rings. The van der Waals surface area contributed by atoms with Crippen molar-refractivity contribution in [1.29, 1.82) is 0 Å². The van der Waals surface area contributed by atoms with Crippen molar-refractivity contribution >= 4 is 22.9 Å².